The molecule has 0 spiro atoms. The summed E-state index contributed by atoms with van der Waals surface area (Å²) in [5.74, 6) is 0.232. The van der Waals surface area contributed by atoms with Crippen LogP contribution in [0.15, 0.2) is 56.3 Å². The molecule has 2 aromatic rings. The van der Waals surface area contributed by atoms with Gasteiger partial charge in [0, 0.05) is 8.95 Å². The maximum atomic E-state index is 11.5. The molecule has 0 atom stereocenters. The first-order valence-electron chi connectivity index (χ1n) is 5.56. The molecular weight excluding hydrogens is 410 g/mol. The highest BCUT2D eigenvalue weighted by atomic mass is 79.9. The summed E-state index contributed by atoms with van der Waals surface area (Å²) < 4.78 is 30.2. The van der Waals surface area contributed by atoms with E-state index in [1.54, 1.807) is 12.1 Å². The Morgan fingerprint density at radius 1 is 1.05 bits per heavy atom. The third-order valence-corrected chi connectivity index (χ3v) is 4.41. The minimum Gasteiger partial charge on any atom is -0.487 e. The molecule has 20 heavy (non-hydrogen) atoms. The first-order chi connectivity index (χ1) is 9.36. The number of sulfonamides is 1. The van der Waals surface area contributed by atoms with Gasteiger partial charge < -0.3 is 4.74 Å². The SMILES string of the molecule is NS(=O)(=O)c1cc(Br)ccc1OCc1cccc(Br)c1. The average Bonchev–Trinajstić information content (AvgIpc) is 2.36. The summed E-state index contributed by atoms with van der Waals surface area (Å²) in [7, 11) is -3.83. The quantitative estimate of drug-likeness (QED) is 0.823. The van der Waals surface area contributed by atoms with Crippen LogP contribution in [-0.2, 0) is 16.6 Å². The van der Waals surface area contributed by atoms with Crippen LogP contribution in [0.5, 0.6) is 5.75 Å². The molecular formula is C13H11Br2NO3S. The van der Waals surface area contributed by atoms with Gasteiger partial charge in [-0.3, -0.25) is 0 Å². The lowest BCUT2D eigenvalue weighted by Gasteiger charge is -2.11. The second-order valence-corrected chi connectivity index (χ2v) is 7.42. The number of hydrogen-bond donors (Lipinski definition) is 1. The smallest absolute Gasteiger partial charge is 0.241 e. The number of hydrogen-bond acceptors (Lipinski definition) is 3. The maximum Gasteiger partial charge on any atom is 0.241 e. The van der Waals surface area contributed by atoms with E-state index in [-0.39, 0.29) is 17.3 Å². The predicted molar refractivity (Wildman–Crippen MR) is 84.0 cm³/mol. The summed E-state index contributed by atoms with van der Waals surface area (Å²) in [5, 5.41) is 5.18. The fourth-order valence-electron chi connectivity index (χ4n) is 1.61. The van der Waals surface area contributed by atoms with Gasteiger partial charge in [0.1, 0.15) is 17.3 Å². The van der Waals surface area contributed by atoms with Crippen molar-refractivity contribution in [1.29, 1.82) is 0 Å². The van der Waals surface area contributed by atoms with E-state index in [1.165, 1.54) is 6.07 Å². The maximum absolute atomic E-state index is 11.5. The van der Waals surface area contributed by atoms with E-state index in [1.807, 2.05) is 24.3 Å². The van der Waals surface area contributed by atoms with Crippen molar-refractivity contribution in [3.8, 4) is 5.75 Å². The fraction of sp³-hybridized carbons (Fsp3) is 0.0769. The van der Waals surface area contributed by atoms with Gasteiger partial charge in [0.2, 0.25) is 10.0 Å². The van der Waals surface area contributed by atoms with Crippen molar-refractivity contribution in [3.05, 3.63) is 57.0 Å². The number of rotatable bonds is 4. The average molecular weight is 421 g/mol. The number of primary sulfonamides is 1. The second-order valence-electron chi connectivity index (χ2n) is 4.05. The van der Waals surface area contributed by atoms with Gasteiger partial charge in [0.25, 0.3) is 0 Å². The van der Waals surface area contributed by atoms with Crippen LogP contribution in [0.3, 0.4) is 0 Å². The van der Waals surface area contributed by atoms with Crippen molar-refractivity contribution in [2.45, 2.75) is 11.5 Å². The van der Waals surface area contributed by atoms with Crippen molar-refractivity contribution >= 4 is 41.9 Å². The molecule has 0 saturated carbocycles. The molecule has 0 bridgehead atoms. The Labute approximate surface area is 134 Å². The van der Waals surface area contributed by atoms with Crippen LogP contribution >= 0.6 is 31.9 Å². The molecule has 0 amide bonds. The second kappa shape index (κ2) is 6.26. The van der Waals surface area contributed by atoms with Crippen LogP contribution in [0.25, 0.3) is 0 Å². The van der Waals surface area contributed by atoms with Crippen molar-refractivity contribution in [3.63, 3.8) is 0 Å². The highest BCUT2D eigenvalue weighted by molar-refractivity contribution is 9.10. The molecule has 0 aliphatic rings. The Morgan fingerprint density at radius 3 is 2.40 bits per heavy atom. The monoisotopic (exact) mass is 419 g/mol. The molecule has 0 unspecified atom stereocenters. The zero-order chi connectivity index (χ0) is 14.8. The van der Waals surface area contributed by atoms with Gasteiger partial charge in [0.05, 0.1) is 0 Å². The van der Waals surface area contributed by atoms with Crippen LogP contribution < -0.4 is 9.88 Å². The van der Waals surface area contributed by atoms with Gasteiger partial charge in [-0.05, 0) is 35.9 Å². The van der Waals surface area contributed by atoms with E-state index >= 15 is 0 Å². The van der Waals surface area contributed by atoms with Gasteiger partial charge in [-0.1, -0.05) is 44.0 Å². The lowest BCUT2D eigenvalue weighted by atomic mass is 10.2. The third kappa shape index (κ3) is 4.05. The zero-order valence-electron chi connectivity index (χ0n) is 10.2. The Morgan fingerprint density at radius 2 is 1.75 bits per heavy atom. The molecule has 0 heterocycles. The van der Waals surface area contributed by atoms with E-state index in [9.17, 15) is 8.42 Å². The van der Waals surface area contributed by atoms with Crippen molar-refractivity contribution in [2.24, 2.45) is 5.14 Å². The molecule has 0 aromatic heterocycles. The van der Waals surface area contributed by atoms with E-state index in [4.69, 9.17) is 9.88 Å². The van der Waals surface area contributed by atoms with E-state index in [0.717, 1.165) is 10.0 Å². The molecule has 106 valence electrons. The van der Waals surface area contributed by atoms with E-state index in [0.29, 0.717) is 4.47 Å². The van der Waals surface area contributed by atoms with Crippen molar-refractivity contribution in [2.75, 3.05) is 0 Å². The number of benzene rings is 2. The van der Waals surface area contributed by atoms with E-state index in [2.05, 4.69) is 31.9 Å². The topological polar surface area (TPSA) is 69.4 Å². The van der Waals surface area contributed by atoms with Crippen LogP contribution in [-0.4, -0.2) is 8.42 Å². The first-order valence-corrected chi connectivity index (χ1v) is 8.69. The standard InChI is InChI=1S/C13H11Br2NO3S/c14-10-3-1-2-9(6-10)8-19-12-5-4-11(15)7-13(12)20(16,17)18/h1-7H,8H2,(H2,16,17,18). The lowest BCUT2D eigenvalue weighted by Crippen LogP contribution is -2.14. The minimum absolute atomic E-state index is 0.0399. The molecule has 0 aliphatic heterocycles. The highest BCUT2D eigenvalue weighted by Crippen LogP contribution is 2.27. The number of halogens is 2. The lowest BCUT2D eigenvalue weighted by molar-refractivity contribution is 0.298. The van der Waals surface area contributed by atoms with Crippen molar-refractivity contribution in [1.82, 2.24) is 0 Å². The van der Waals surface area contributed by atoms with Crippen molar-refractivity contribution < 1.29 is 13.2 Å². The molecule has 0 radical (unpaired) electrons. The van der Waals surface area contributed by atoms with Gasteiger partial charge in [-0.25, -0.2) is 13.6 Å². The van der Waals surface area contributed by atoms with Crippen LogP contribution in [0.2, 0.25) is 0 Å². The Balaban J connectivity index is 2.26. The number of nitrogens with two attached hydrogens (primary N) is 1. The van der Waals surface area contributed by atoms with Crippen LogP contribution in [0.4, 0.5) is 0 Å². The minimum atomic E-state index is -3.83. The molecule has 2 aromatic carbocycles. The summed E-state index contributed by atoms with van der Waals surface area (Å²) in [6, 6.07) is 12.3. The summed E-state index contributed by atoms with van der Waals surface area (Å²) in [4.78, 5) is -0.0399. The van der Waals surface area contributed by atoms with E-state index < -0.39 is 10.0 Å². The molecule has 4 nitrogen and oxygen atoms in total. The first kappa shape index (κ1) is 15.5. The Bertz CT molecular complexity index is 732. The molecule has 2 N–H and O–H groups in total. The summed E-state index contributed by atoms with van der Waals surface area (Å²) >= 11 is 6.58. The van der Waals surface area contributed by atoms with Gasteiger partial charge in [-0.15, -0.1) is 0 Å². The zero-order valence-corrected chi connectivity index (χ0v) is 14.2. The summed E-state index contributed by atoms with van der Waals surface area (Å²) in [6.07, 6.45) is 0. The summed E-state index contributed by atoms with van der Waals surface area (Å²) in [6.45, 7) is 0.254. The normalized spacial score (nSPS) is 11.3. The third-order valence-electron chi connectivity index (χ3n) is 2.50. The van der Waals surface area contributed by atoms with Crippen LogP contribution in [0.1, 0.15) is 5.56 Å². The van der Waals surface area contributed by atoms with Gasteiger partial charge in [-0.2, -0.15) is 0 Å². The fourth-order valence-corrected chi connectivity index (χ4v) is 3.27. The van der Waals surface area contributed by atoms with Crippen LogP contribution in [0, 0.1) is 0 Å². The molecule has 0 fully saturated rings. The highest BCUT2D eigenvalue weighted by Gasteiger charge is 2.15. The summed E-state index contributed by atoms with van der Waals surface area (Å²) in [5.41, 5.74) is 0.919. The molecule has 7 heteroatoms. The van der Waals surface area contributed by atoms with Gasteiger partial charge >= 0.3 is 0 Å². The Hall–Kier alpha value is -0.890. The predicted octanol–water partition coefficient (Wildman–Crippen LogP) is 3.44. The number of ether oxygens (including phenoxy) is 1. The molecule has 2 rings (SSSR count). The molecule has 0 aliphatic carbocycles. The van der Waals surface area contributed by atoms with Gasteiger partial charge in [0.15, 0.2) is 0 Å². The Kier molecular flexibility index (Phi) is 4.85. The largest absolute Gasteiger partial charge is 0.487 e. The molecule has 0 saturated heterocycles.